The Morgan fingerprint density at radius 3 is 0.919 bits per heavy atom. The van der Waals surface area contributed by atoms with E-state index in [1.165, 1.54) is 321 Å². The van der Waals surface area contributed by atoms with Crippen molar-refractivity contribution >= 4 is 11.9 Å². The molecule has 0 rings (SSSR count). The number of carbonyl (C=O) groups excluding carboxylic acids is 2. The first-order chi connectivity index (χ1) is 36.5. The van der Waals surface area contributed by atoms with E-state index >= 15 is 0 Å². The topological polar surface area (TPSA) is 95.9 Å². The Bertz CT molecular complexity index is 1110. The molecule has 0 aliphatic rings. The molecule has 2 atom stereocenters. The quantitative estimate of drug-likeness (QED) is 0.0320. The summed E-state index contributed by atoms with van der Waals surface area (Å²) in [6, 6.07) is -0.622. The highest BCUT2D eigenvalue weighted by molar-refractivity contribution is 5.76. The Hall–Kier alpha value is -1.40. The van der Waals surface area contributed by atoms with E-state index < -0.39 is 12.1 Å². The SMILES string of the molecule is CCCCCCCCC/C=C/C(O)C(CO)NC(=O)CCCCCCCCCCCCCCCCCCCCCCCCCCCCCCCOC(=O)CCCCCCCCCCCCCCCCCCCCC. The van der Waals surface area contributed by atoms with Gasteiger partial charge >= 0.3 is 5.97 Å². The minimum absolute atomic E-state index is 0.0246. The van der Waals surface area contributed by atoms with Crippen LogP contribution < -0.4 is 5.32 Å². The number of amides is 1. The van der Waals surface area contributed by atoms with Gasteiger partial charge < -0.3 is 20.3 Å². The predicted molar refractivity (Wildman–Crippen MR) is 324 cm³/mol. The maximum absolute atomic E-state index is 12.4. The lowest BCUT2D eigenvalue weighted by atomic mass is 10.0. The van der Waals surface area contributed by atoms with Crippen molar-refractivity contribution in [3.63, 3.8) is 0 Å². The molecule has 0 fully saturated rings. The molecular formula is C68H133NO5. The molecule has 0 radical (unpaired) electrons. The summed E-state index contributed by atoms with van der Waals surface area (Å²) in [6.45, 7) is 4.91. The Balaban J connectivity index is 3.29. The molecule has 0 spiro atoms. The number of hydrogen-bond donors (Lipinski definition) is 3. The van der Waals surface area contributed by atoms with Gasteiger partial charge in [0, 0.05) is 12.8 Å². The van der Waals surface area contributed by atoms with E-state index in [4.69, 9.17) is 4.74 Å². The number of aliphatic hydroxyl groups excluding tert-OH is 2. The van der Waals surface area contributed by atoms with Gasteiger partial charge in [-0.15, -0.1) is 0 Å². The summed E-state index contributed by atoms with van der Waals surface area (Å²) in [4.78, 5) is 24.5. The van der Waals surface area contributed by atoms with Crippen molar-refractivity contribution < 1.29 is 24.5 Å². The number of ether oxygens (including phenoxy) is 1. The molecule has 0 saturated heterocycles. The molecule has 1 amide bonds. The Morgan fingerprint density at radius 2 is 0.622 bits per heavy atom. The van der Waals surface area contributed by atoms with E-state index in [1.54, 1.807) is 6.08 Å². The van der Waals surface area contributed by atoms with Gasteiger partial charge in [-0.3, -0.25) is 9.59 Å². The first-order valence-corrected chi connectivity index (χ1v) is 34.0. The minimum atomic E-state index is -0.839. The number of nitrogens with one attached hydrogen (secondary N) is 1. The zero-order valence-electron chi connectivity index (χ0n) is 50.4. The molecule has 0 heterocycles. The second-order valence-electron chi connectivity index (χ2n) is 23.5. The summed E-state index contributed by atoms with van der Waals surface area (Å²) in [7, 11) is 0. The highest BCUT2D eigenvalue weighted by Gasteiger charge is 2.18. The van der Waals surface area contributed by atoms with Crippen molar-refractivity contribution in [2.45, 2.75) is 398 Å². The molecule has 6 heteroatoms. The van der Waals surface area contributed by atoms with Gasteiger partial charge in [0.25, 0.3) is 0 Å². The second kappa shape index (κ2) is 64.1. The predicted octanol–water partition coefficient (Wildman–Crippen LogP) is 21.6. The molecular weight excluding hydrogens is 911 g/mol. The van der Waals surface area contributed by atoms with Crippen LogP contribution in [0.3, 0.4) is 0 Å². The van der Waals surface area contributed by atoms with Crippen LogP contribution in [0.4, 0.5) is 0 Å². The van der Waals surface area contributed by atoms with Crippen molar-refractivity contribution in [3.05, 3.63) is 12.2 Å². The van der Waals surface area contributed by atoms with E-state index in [1.807, 2.05) is 6.08 Å². The molecule has 0 aliphatic heterocycles. The summed E-state index contributed by atoms with van der Waals surface area (Å²) in [6.07, 6.45) is 78.8. The molecule has 0 aromatic rings. The average Bonchev–Trinajstić information content (AvgIpc) is 3.40. The molecule has 0 saturated carbocycles. The van der Waals surface area contributed by atoms with Crippen molar-refractivity contribution in [1.29, 1.82) is 0 Å². The normalized spacial score (nSPS) is 12.5. The van der Waals surface area contributed by atoms with E-state index in [9.17, 15) is 19.8 Å². The van der Waals surface area contributed by atoms with Crippen molar-refractivity contribution in [3.8, 4) is 0 Å². The van der Waals surface area contributed by atoms with E-state index in [0.29, 0.717) is 19.4 Å². The number of esters is 1. The molecule has 6 nitrogen and oxygen atoms in total. The van der Waals surface area contributed by atoms with Crippen LogP contribution in [0.1, 0.15) is 386 Å². The maximum atomic E-state index is 12.4. The van der Waals surface area contributed by atoms with Crippen LogP contribution in [-0.2, 0) is 14.3 Å². The Labute approximate surface area is 463 Å². The van der Waals surface area contributed by atoms with Crippen molar-refractivity contribution in [2.75, 3.05) is 13.2 Å². The maximum Gasteiger partial charge on any atom is 0.305 e. The third kappa shape index (κ3) is 59.8. The van der Waals surface area contributed by atoms with Crippen LogP contribution in [0.2, 0.25) is 0 Å². The summed E-state index contributed by atoms with van der Waals surface area (Å²) < 4.78 is 5.51. The number of carbonyl (C=O) groups is 2. The van der Waals surface area contributed by atoms with Gasteiger partial charge in [-0.1, -0.05) is 353 Å². The fourth-order valence-corrected chi connectivity index (χ4v) is 10.9. The highest BCUT2D eigenvalue weighted by Crippen LogP contribution is 2.19. The summed E-state index contributed by atoms with van der Waals surface area (Å²) >= 11 is 0. The number of aliphatic hydroxyl groups is 2. The summed E-state index contributed by atoms with van der Waals surface area (Å²) in [5.74, 6) is -0.0408. The second-order valence-corrected chi connectivity index (χ2v) is 23.5. The lowest BCUT2D eigenvalue weighted by Gasteiger charge is -2.20. The zero-order chi connectivity index (χ0) is 53.6. The van der Waals surface area contributed by atoms with Crippen LogP contribution in [0, 0.1) is 0 Å². The van der Waals surface area contributed by atoms with E-state index in [0.717, 1.165) is 38.5 Å². The molecule has 440 valence electrons. The Kier molecular flexibility index (Phi) is 62.9. The number of hydrogen-bond acceptors (Lipinski definition) is 5. The third-order valence-electron chi connectivity index (χ3n) is 16.1. The van der Waals surface area contributed by atoms with Gasteiger partial charge in [-0.05, 0) is 32.1 Å². The number of unbranched alkanes of at least 4 members (excludes halogenated alkanes) is 53. The molecule has 2 unspecified atom stereocenters. The summed E-state index contributed by atoms with van der Waals surface area (Å²) in [5, 5.41) is 23.0. The minimum Gasteiger partial charge on any atom is -0.466 e. The summed E-state index contributed by atoms with van der Waals surface area (Å²) in [5.41, 5.74) is 0. The highest BCUT2D eigenvalue weighted by atomic mass is 16.5. The van der Waals surface area contributed by atoms with Crippen LogP contribution in [0.5, 0.6) is 0 Å². The van der Waals surface area contributed by atoms with Gasteiger partial charge in [-0.2, -0.15) is 0 Å². The molecule has 3 N–H and O–H groups in total. The monoisotopic (exact) mass is 1040 g/mol. The smallest absolute Gasteiger partial charge is 0.305 e. The van der Waals surface area contributed by atoms with Gasteiger partial charge in [-0.25, -0.2) is 0 Å². The van der Waals surface area contributed by atoms with Gasteiger partial charge in [0.2, 0.25) is 5.91 Å². The van der Waals surface area contributed by atoms with Gasteiger partial charge in [0.15, 0.2) is 0 Å². The fourth-order valence-electron chi connectivity index (χ4n) is 10.9. The van der Waals surface area contributed by atoms with Crippen LogP contribution in [0.15, 0.2) is 12.2 Å². The number of rotatable bonds is 64. The van der Waals surface area contributed by atoms with E-state index in [-0.39, 0.29) is 18.5 Å². The first kappa shape index (κ1) is 72.6. The average molecular weight is 1040 g/mol. The molecule has 0 aromatic carbocycles. The zero-order valence-corrected chi connectivity index (χ0v) is 50.4. The first-order valence-electron chi connectivity index (χ1n) is 34.0. The largest absolute Gasteiger partial charge is 0.466 e. The molecule has 0 bridgehead atoms. The fraction of sp³-hybridized carbons (Fsp3) is 0.941. The Morgan fingerprint density at radius 1 is 0.365 bits per heavy atom. The van der Waals surface area contributed by atoms with Crippen LogP contribution >= 0.6 is 0 Å². The van der Waals surface area contributed by atoms with Crippen LogP contribution in [0.25, 0.3) is 0 Å². The molecule has 0 aliphatic carbocycles. The van der Waals surface area contributed by atoms with Crippen LogP contribution in [-0.4, -0.2) is 47.4 Å². The van der Waals surface area contributed by atoms with E-state index in [2.05, 4.69) is 19.2 Å². The molecule has 0 aromatic heterocycles. The number of allylic oxidation sites excluding steroid dienone is 1. The molecule has 74 heavy (non-hydrogen) atoms. The van der Waals surface area contributed by atoms with Gasteiger partial charge in [0.1, 0.15) is 0 Å². The van der Waals surface area contributed by atoms with Crippen molar-refractivity contribution in [2.24, 2.45) is 0 Å². The lowest BCUT2D eigenvalue weighted by Crippen LogP contribution is -2.45. The standard InChI is InChI=1S/C68H133NO5/c1-3-5-7-9-11-13-14-15-16-17-29-33-36-39-42-46-50-54-58-62-68(73)74-63-59-55-51-47-43-40-37-34-31-28-26-24-22-20-18-19-21-23-25-27-30-32-35-38-41-45-49-53-57-61-67(72)69-65(64-70)66(71)60-56-52-48-44-12-10-8-6-4-2/h56,60,65-66,70-71H,3-55,57-59,61-64H2,1-2H3,(H,69,72)/b60-56+. The van der Waals surface area contributed by atoms with Gasteiger partial charge in [0.05, 0.1) is 25.4 Å². The van der Waals surface area contributed by atoms with Crippen molar-refractivity contribution in [1.82, 2.24) is 5.32 Å². The lowest BCUT2D eigenvalue weighted by molar-refractivity contribution is -0.143. The third-order valence-corrected chi connectivity index (χ3v) is 16.1.